The Hall–Kier alpha value is -1.55. The molecule has 0 aliphatic heterocycles. The molecule has 0 spiro atoms. The number of carbonyl (C=O) groups is 1. The Bertz CT molecular complexity index is 470. The van der Waals surface area contributed by atoms with Gasteiger partial charge in [0.2, 0.25) is 5.91 Å². The van der Waals surface area contributed by atoms with Crippen LogP contribution in [0, 0.1) is 11.8 Å². The monoisotopic (exact) mass is 290 g/mol. The van der Waals surface area contributed by atoms with Crippen LogP contribution in [0.5, 0.6) is 5.75 Å². The van der Waals surface area contributed by atoms with Crippen molar-refractivity contribution in [2.45, 2.75) is 45.7 Å². The topological polar surface area (TPSA) is 64.4 Å². The zero-order valence-corrected chi connectivity index (χ0v) is 13.0. The fourth-order valence-electron chi connectivity index (χ4n) is 2.21. The predicted molar refractivity (Wildman–Crippen MR) is 83.9 cm³/mol. The van der Waals surface area contributed by atoms with Crippen LogP contribution in [0.4, 0.5) is 0 Å². The number of hydrogen-bond acceptors (Lipinski definition) is 3. The molecule has 0 bridgehead atoms. The second kappa shape index (κ2) is 7.46. The Morgan fingerprint density at radius 1 is 1.38 bits per heavy atom. The van der Waals surface area contributed by atoms with Gasteiger partial charge in [0.25, 0.3) is 0 Å². The van der Waals surface area contributed by atoms with E-state index < -0.39 is 6.04 Å². The van der Waals surface area contributed by atoms with Gasteiger partial charge in [0, 0.05) is 12.1 Å². The highest BCUT2D eigenvalue weighted by atomic mass is 16.5. The molecular formula is C17H26N2O2. The van der Waals surface area contributed by atoms with E-state index in [1.54, 1.807) is 0 Å². The number of rotatable bonds is 8. The zero-order valence-electron chi connectivity index (χ0n) is 13.0. The zero-order chi connectivity index (χ0) is 15.2. The van der Waals surface area contributed by atoms with E-state index in [9.17, 15) is 4.79 Å². The summed E-state index contributed by atoms with van der Waals surface area (Å²) in [4.78, 5) is 12.0. The highest BCUT2D eigenvalue weighted by Crippen LogP contribution is 2.30. The maximum Gasteiger partial charge on any atom is 0.237 e. The van der Waals surface area contributed by atoms with Crippen molar-refractivity contribution >= 4 is 5.91 Å². The van der Waals surface area contributed by atoms with E-state index in [4.69, 9.17) is 10.5 Å². The first-order valence-corrected chi connectivity index (χ1v) is 7.80. The molecule has 1 aromatic carbocycles. The molecule has 0 saturated heterocycles. The summed E-state index contributed by atoms with van der Waals surface area (Å²) >= 11 is 0. The molecule has 2 rings (SSSR count). The van der Waals surface area contributed by atoms with Crippen LogP contribution in [0.3, 0.4) is 0 Å². The fourth-order valence-corrected chi connectivity index (χ4v) is 2.21. The molecule has 0 heterocycles. The van der Waals surface area contributed by atoms with Crippen LogP contribution >= 0.6 is 0 Å². The van der Waals surface area contributed by atoms with Gasteiger partial charge in [0.05, 0.1) is 12.6 Å². The lowest BCUT2D eigenvalue weighted by Gasteiger charge is -2.15. The molecule has 3 N–H and O–H groups in total. The molecule has 1 aliphatic carbocycles. The summed E-state index contributed by atoms with van der Waals surface area (Å²) in [6, 6.07) is 7.41. The van der Waals surface area contributed by atoms with E-state index in [2.05, 4.69) is 19.2 Å². The molecule has 0 radical (unpaired) electrons. The number of nitrogens with one attached hydrogen (secondary N) is 1. The van der Waals surface area contributed by atoms with Crippen LogP contribution in [0.2, 0.25) is 0 Å². The Kier molecular flexibility index (Phi) is 5.62. The molecule has 1 fully saturated rings. The first-order valence-electron chi connectivity index (χ1n) is 7.80. The standard InChI is InChI=1S/C17H26N2O2/c1-12(2)9-15(18)17(20)19-10-14-5-3-4-6-16(14)21-11-13-7-8-13/h3-6,12-13,15H,7-11,18H2,1-2H3,(H,19,20)/t15-/m0/s1. The van der Waals surface area contributed by atoms with Crippen LogP contribution < -0.4 is 15.8 Å². The van der Waals surface area contributed by atoms with E-state index >= 15 is 0 Å². The van der Waals surface area contributed by atoms with Crippen molar-refractivity contribution in [1.82, 2.24) is 5.32 Å². The van der Waals surface area contributed by atoms with Crippen LogP contribution in [0.15, 0.2) is 24.3 Å². The third kappa shape index (κ3) is 5.38. The van der Waals surface area contributed by atoms with Crippen molar-refractivity contribution in [3.05, 3.63) is 29.8 Å². The van der Waals surface area contributed by atoms with E-state index in [0.717, 1.165) is 17.9 Å². The number of nitrogens with two attached hydrogens (primary N) is 1. The lowest BCUT2D eigenvalue weighted by molar-refractivity contribution is -0.122. The Morgan fingerprint density at radius 3 is 2.76 bits per heavy atom. The second-order valence-electron chi connectivity index (χ2n) is 6.32. The lowest BCUT2D eigenvalue weighted by Crippen LogP contribution is -2.41. The minimum Gasteiger partial charge on any atom is -0.493 e. The number of ether oxygens (including phenoxy) is 1. The van der Waals surface area contributed by atoms with E-state index in [1.807, 2.05) is 24.3 Å². The molecule has 4 nitrogen and oxygen atoms in total. The van der Waals surface area contributed by atoms with Gasteiger partial charge >= 0.3 is 0 Å². The molecular weight excluding hydrogens is 264 g/mol. The lowest BCUT2D eigenvalue weighted by atomic mass is 10.0. The van der Waals surface area contributed by atoms with Crippen molar-refractivity contribution in [1.29, 1.82) is 0 Å². The summed E-state index contributed by atoms with van der Waals surface area (Å²) in [5, 5.41) is 2.90. The van der Waals surface area contributed by atoms with Gasteiger partial charge in [-0.15, -0.1) is 0 Å². The van der Waals surface area contributed by atoms with Gasteiger partial charge < -0.3 is 15.8 Å². The number of hydrogen-bond donors (Lipinski definition) is 2. The number of amides is 1. The summed E-state index contributed by atoms with van der Waals surface area (Å²) < 4.78 is 5.84. The smallest absolute Gasteiger partial charge is 0.237 e. The summed E-state index contributed by atoms with van der Waals surface area (Å²) in [5.41, 5.74) is 6.89. The number of carbonyl (C=O) groups excluding carboxylic acids is 1. The van der Waals surface area contributed by atoms with Gasteiger partial charge in [0.1, 0.15) is 5.75 Å². The molecule has 1 atom stereocenters. The SMILES string of the molecule is CC(C)C[C@H](N)C(=O)NCc1ccccc1OCC1CC1. The van der Waals surface area contributed by atoms with Crippen molar-refractivity contribution < 1.29 is 9.53 Å². The maximum absolute atomic E-state index is 12.0. The van der Waals surface area contributed by atoms with Gasteiger partial charge in [-0.05, 0) is 37.2 Å². The van der Waals surface area contributed by atoms with Crippen LogP contribution in [0.1, 0.15) is 38.7 Å². The number of benzene rings is 1. The summed E-state index contributed by atoms with van der Waals surface area (Å²) in [7, 11) is 0. The van der Waals surface area contributed by atoms with Crippen LogP contribution in [-0.2, 0) is 11.3 Å². The summed E-state index contributed by atoms with van der Waals surface area (Å²) in [6.45, 7) is 5.37. The highest BCUT2D eigenvalue weighted by molar-refractivity contribution is 5.81. The quantitative estimate of drug-likeness (QED) is 0.773. The molecule has 0 aromatic heterocycles. The molecule has 1 aromatic rings. The van der Waals surface area contributed by atoms with E-state index in [-0.39, 0.29) is 5.91 Å². The van der Waals surface area contributed by atoms with Gasteiger partial charge in [-0.25, -0.2) is 0 Å². The largest absolute Gasteiger partial charge is 0.493 e. The minimum atomic E-state index is -0.440. The Morgan fingerprint density at radius 2 is 2.10 bits per heavy atom. The van der Waals surface area contributed by atoms with Crippen molar-refractivity contribution in [3.63, 3.8) is 0 Å². The fraction of sp³-hybridized carbons (Fsp3) is 0.588. The molecule has 1 amide bonds. The molecule has 0 unspecified atom stereocenters. The first-order chi connectivity index (χ1) is 10.1. The van der Waals surface area contributed by atoms with E-state index in [1.165, 1.54) is 12.8 Å². The van der Waals surface area contributed by atoms with Crippen molar-refractivity contribution in [3.8, 4) is 5.75 Å². The highest BCUT2D eigenvalue weighted by Gasteiger charge is 2.22. The Balaban J connectivity index is 1.85. The average Bonchev–Trinajstić information content (AvgIpc) is 3.26. The summed E-state index contributed by atoms with van der Waals surface area (Å²) in [5.74, 6) is 1.90. The molecule has 4 heteroatoms. The molecule has 1 saturated carbocycles. The van der Waals surface area contributed by atoms with Crippen molar-refractivity contribution in [2.75, 3.05) is 6.61 Å². The van der Waals surface area contributed by atoms with Crippen LogP contribution in [0.25, 0.3) is 0 Å². The molecule has 1 aliphatic rings. The van der Waals surface area contributed by atoms with Crippen molar-refractivity contribution in [2.24, 2.45) is 17.6 Å². The average molecular weight is 290 g/mol. The number of para-hydroxylation sites is 1. The van der Waals surface area contributed by atoms with E-state index in [0.29, 0.717) is 24.8 Å². The molecule has 116 valence electrons. The van der Waals surface area contributed by atoms with Gasteiger partial charge in [-0.3, -0.25) is 4.79 Å². The maximum atomic E-state index is 12.0. The third-order valence-corrected chi connectivity index (χ3v) is 3.66. The molecule has 21 heavy (non-hydrogen) atoms. The van der Waals surface area contributed by atoms with Crippen LogP contribution in [-0.4, -0.2) is 18.6 Å². The normalized spacial score (nSPS) is 15.8. The third-order valence-electron chi connectivity index (χ3n) is 3.66. The minimum absolute atomic E-state index is 0.0966. The second-order valence-corrected chi connectivity index (χ2v) is 6.32. The predicted octanol–water partition coefficient (Wildman–Crippen LogP) is 2.46. The Labute approximate surface area is 127 Å². The van der Waals surface area contributed by atoms with Gasteiger partial charge in [-0.1, -0.05) is 32.0 Å². The van der Waals surface area contributed by atoms with Gasteiger partial charge in [0.15, 0.2) is 0 Å². The van der Waals surface area contributed by atoms with Gasteiger partial charge in [-0.2, -0.15) is 0 Å². The summed E-state index contributed by atoms with van der Waals surface area (Å²) in [6.07, 6.45) is 3.23. The first kappa shape index (κ1) is 15.8.